The monoisotopic (exact) mass is 438 g/mol. The van der Waals surface area contributed by atoms with Gasteiger partial charge >= 0.3 is 0 Å². The minimum absolute atomic E-state index is 0.0326. The Morgan fingerprint density at radius 3 is 2.47 bits per heavy atom. The average molecular weight is 439 g/mol. The van der Waals surface area contributed by atoms with Gasteiger partial charge in [-0.1, -0.05) is 43.6 Å². The molecular weight excluding hydrogens is 400 g/mol. The molecule has 0 aromatic heterocycles. The number of amides is 1. The Kier molecular flexibility index (Phi) is 11.4. The number of hydrogen-bond acceptors (Lipinski definition) is 5. The van der Waals surface area contributed by atoms with Crippen LogP contribution in [0.25, 0.3) is 0 Å². The Balaban J connectivity index is 0.00000218. The molecule has 1 aliphatic heterocycles. The van der Waals surface area contributed by atoms with Gasteiger partial charge in [-0.15, -0.1) is 5.92 Å². The zero-order valence-corrected chi connectivity index (χ0v) is 19.6. The zero-order chi connectivity index (χ0) is 22.7. The lowest BCUT2D eigenvalue weighted by atomic mass is 9.86. The van der Waals surface area contributed by atoms with Gasteiger partial charge in [0.1, 0.15) is 9.84 Å². The number of nitrogens with two attached hydrogens (primary N) is 1. The largest absolute Gasteiger partial charge is 0.390 e. The summed E-state index contributed by atoms with van der Waals surface area (Å²) in [6.45, 7) is 7.22. The molecule has 1 amide bonds. The highest BCUT2D eigenvalue weighted by Crippen LogP contribution is 2.28. The van der Waals surface area contributed by atoms with E-state index in [4.69, 9.17) is 5.73 Å². The molecule has 1 aliphatic carbocycles. The molecule has 170 valence electrons. The SMILES string of the molecule is CC.CC#CC1C=CC(CC2CCN(C(=O)CC(N)C(O)CS(C)(=O)=O)CC2)=CC1. The fraction of sp³-hybridized carbons (Fsp3) is 0.696. The number of aliphatic hydroxyl groups is 1. The van der Waals surface area contributed by atoms with Crippen molar-refractivity contribution in [2.24, 2.45) is 17.6 Å². The molecule has 0 spiro atoms. The summed E-state index contributed by atoms with van der Waals surface area (Å²) >= 11 is 0. The van der Waals surface area contributed by atoms with E-state index < -0.39 is 27.7 Å². The van der Waals surface area contributed by atoms with Crippen LogP contribution in [0.4, 0.5) is 0 Å². The van der Waals surface area contributed by atoms with Crippen LogP contribution in [0.1, 0.15) is 52.9 Å². The first-order valence-electron chi connectivity index (χ1n) is 10.9. The molecule has 0 radical (unpaired) electrons. The number of carbonyl (C=O) groups excluding carboxylic acids is 1. The lowest BCUT2D eigenvalue weighted by molar-refractivity contribution is -0.133. The van der Waals surface area contributed by atoms with Gasteiger partial charge in [0.2, 0.25) is 5.91 Å². The number of hydrogen-bond donors (Lipinski definition) is 2. The average Bonchev–Trinajstić information content (AvgIpc) is 2.70. The summed E-state index contributed by atoms with van der Waals surface area (Å²) in [5.41, 5.74) is 7.18. The van der Waals surface area contributed by atoms with Crippen molar-refractivity contribution in [2.75, 3.05) is 25.1 Å². The van der Waals surface area contributed by atoms with Gasteiger partial charge in [-0.05, 0) is 38.5 Å². The number of carbonyl (C=O) groups is 1. The van der Waals surface area contributed by atoms with Gasteiger partial charge in [0.25, 0.3) is 0 Å². The van der Waals surface area contributed by atoms with Gasteiger partial charge in [0, 0.05) is 37.7 Å². The Bertz CT molecular complexity index is 769. The second-order valence-electron chi connectivity index (χ2n) is 7.93. The highest BCUT2D eigenvalue weighted by Gasteiger charge is 2.27. The number of aliphatic hydroxyl groups excluding tert-OH is 1. The van der Waals surface area contributed by atoms with E-state index in [1.807, 2.05) is 20.8 Å². The van der Waals surface area contributed by atoms with Crippen molar-refractivity contribution in [2.45, 2.75) is 65.0 Å². The molecule has 7 heteroatoms. The molecule has 0 aromatic carbocycles. The molecule has 30 heavy (non-hydrogen) atoms. The Hall–Kier alpha value is -1.62. The van der Waals surface area contributed by atoms with E-state index in [0.29, 0.717) is 24.9 Å². The van der Waals surface area contributed by atoms with Crippen molar-refractivity contribution in [1.82, 2.24) is 4.90 Å². The lowest BCUT2D eigenvalue weighted by Crippen LogP contribution is -2.46. The fourth-order valence-corrected chi connectivity index (χ4v) is 4.60. The van der Waals surface area contributed by atoms with Gasteiger partial charge in [0.05, 0.1) is 11.9 Å². The molecule has 1 fully saturated rings. The molecule has 6 nitrogen and oxygen atoms in total. The lowest BCUT2D eigenvalue weighted by Gasteiger charge is -2.33. The first kappa shape index (κ1) is 26.4. The number of piperidine rings is 1. The van der Waals surface area contributed by atoms with E-state index >= 15 is 0 Å². The minimum Gasteiger partial charge on any atom is -0.390 e. The van der Waals surface area contributed by atoms with Crippen LogP contribution >= 0.6 is 0 Å². The first-order chi connectivity index (χ1) is 14.2. The van der Waals surface area contributed by atoms with Gasteiger partial charge in [-0.2, -0.15) is 0 Å². The predicted octanol–water partition coefficient (Wildman–Crippen LogP) is 2.29. The Labute approximate surface area is 182 Å². The predicted molar refractivity (Wildman–Crippen MR) is 122 cm³/mol. The molecule has 0 bridgehead atoms. The standard InChI is InChI=1S/C21H32N2O4S.C2H6/c1-3-4-16-5-7-17(8-6-16)13-18-9-11-23(12-10-18)21(25)14-19(22)20(24)15-28(2,26)27;1-2/h5,7-8,16,18-20,24H,6,9-15,22H2,1-2H3;1-2H3. The summed E-state index contributed by atoms with van der Waals surface area (Å²) in [4.78, 5) is 14.2. The Morgan fingerprint density at radius 1 is 1.33 bits per heavy atom. The van der Waals surface area contributed by atoms with Crippen LogP contribution in [0, 0.1) is 23.7 Å². The van der Waals surface area contributed by atoms with Crippen molar-refractivity contribution in [3.05, 3.63) is 23.8 Å². The van der Waals surface area contributed by atoms with E-state index in [-0.39, 0.29) is 12.3 Å². The smallest absolute Gasteiger partial charge is 0.224 e. The summed E-state index contributed by atoms with van der Waals surface area (Å²) in [5.74, 6) is 6.48. The number of sulfone groups is 1. The molecule has 3 atom stereocenters. The number of rotatable bonds is 7. The molecule has 2 aliphatic rings. The normalized spacial score (nSPS) is 21.5. The topological polar surface area (TPSA) is 101 Å². The van der Waals surface area contributed by atoms with Crippen molar-refractivity contribution in [1.29, 1.82) is 0 Å². The van der Waals surface area contributed by atoms with Crippen molar-refractivity contribution >= 4 is 15.7 Å². The van der Waals surface area contributed by atoms with Gasteiger partial charge < -0.3 is 15.7 Å². The molecule has 2 rings (SSSR count). The molecule has 1 saturated heterocycles. The van der Waals surface area contributed by atoms with Crippen LogP contribution in [0.3, 0.4) is 0 Å². The zero-order valence-electron chi connectivity index (χ0n) is 18.8. The number of allylic oxidation sites excluding steroid dienone is 4. The maximum atomic E-state index is 12.4. The third-order valence-electron chi connectivity index (χ3n) is 5.38. The Morgan fingerprint density at radius 2 is 1.97 bits per heavy atom. The molecule has 1 heterocycles. The second kappa shape index (κ2) is 12.9. The highest BCUT2D eigenvalue weighted by atomic mass is 32.2. The van der Waals surface area contributed by atoms with E-state index in [1.54, 1.807) is 4.90 Å². The summed E-state index contributed by atoms with van der Waals surface area (Å²) in [5, 5.41) is 9.88. The molecular formula is C23H38N2O4S. The maximum Gasteiger partial charge on any atom is 0.224 e. The van der Waals surface area contributed by atoms with Crippen molar-refractivity contribution in [3.63, 3.8) is 0 Å². The van der Waals surface area contributed by atoms with Crippen LogP contribution in [0.2, 0.25) is 0 Å². The van der Waals surface area contributed by atoms with Gasteiger partial charge in [-0.25, -0.2) is 8.42 Å². The third-order valence-corrected chi connectivity index (χ3v) is 6.32. The van der Waals surface area contributed by atoms with Crippen molar-refractivity contribution in [3.8, 4) is 11.8 Å². The van der Waals surface area contributed by atoms with E-state index in [0.717, 1.165) is 31.9 Å². The third kappa shape index (κ3) is 9.46. The summed E-state index contributed by atoms with van der Waals surface area (Å²) in [6.07, 6.45) is 10.3. The van der Waals surface area contributed by atoms with Crippen LogP contribution < -0.4 is 5.73 Å². The van der Waals surface area contributed by atoms with Gasteiger partial charge in [0.15, 0.2) is 0 Å². The fourth-order valence-electron chi connectivity index (χ4n) is 3.73. The minimum atomic E-state index is -3.33. The van der Waals surface area contributed by atoms with Crippen LogP contribution in [-0.2, 0) is 14.6 Å². The molecule has 3 N–H and O–H groups in total. The van der Waals surface area contributed by atoms with Crippen LogP contribution in [0.15, 0.2) is 23.8 Å². The first-order valence-corrected chi connectivity index (χ1v) is 12.9. The summed E-state index contributed by atoms with van der Waals surface area (Å²) in [6, 6.07) is -0.864. The van der Waals surface area contributed by atoms with Gasteiger partial charge in [-0.3, -0.25) is 4.79 Å². The highest BCUT2D eigenvalue weighted by molar-refractivity contribution is 7.90. The quantitative estimate of drug-likeness (QED) is 0.594. The van der Waals surface area contributed by atoms with E-state index in [9.17, 15) is 18.3 Å². The van der Waals surface area contributed by atoms with Crippen LogP contribution in [0.5, 0.6) is 0 Å². The summed E-state index contributed by atoms with van der Waals surface area (Å²) in [7, 11) is -3.33. The second-order valence-corrected chi connectivity index (χ2v) is 10.1. The maximum absolute atomic E-state index is 12.4. The van der Waals surface area contributed by atoms with Crippen LogP contribution in [-0.4, -0.2) is 61.6 Å². The molecule has 3 unspecified atom stereocenters. The molecule has 0 saturated carbocycles. The number of likely N-dealkylation sites (tertiary alicyclic amines) is 1. The van der Waals surface area contributed by atoms with E-state index in [2.05, 4.69) is 30.1 Å². The van der Waals surface area contributed by atoms with Crippen molar-refractivity contribution < 1.29 is 18.3 Å². The summed E-state index contributed by atoms with van der Waals surface area (Å²) < 4.78 is 22.5. The molecule has 0 aromatic rings. The van der Waals surface area contributed by atoms with E-state index in [1.165, 1.54) is 5.57 Å². The number of nitrogens with zero attached hydrogens (tertiary/aromatic N) is 1.